The van der Waals surface area contributed by atoms with Gasteiger partial charge in [0.25, 0.3) is 0 Å². The maximum atomic E-state index is 5.49. The predicted octanol–water partition coefficient (Wildman–Crippen LogP) is 3.62. The Bertz CT molecular complexity index is 616. The maximum Gasteiger partial charge on any atom is 0.230 e. The van der Waals surface area contributed by atoms with Crippen LogP contribution >= 0.6 is 0 Å². The molecule has 5 heteroatoms. The summed E-state index contributed by atoms with van der Waals surface area (Å²) in [5.41, 5.74) is 1.40. The Hall–Kier alpha value is -1.88. The minimum absolute atomic E-state index is 0.648. The fraction of sp³-hybridized carbons (Fsp3) is 0.579. The molecule has 130 valence electrons. The van der Waals surface area contributed by atoms with Gasteiger partial charge in [0.2, 0.25) is 11.8 Å². The number of ether oxygens (including phenoxy) is 1. The first kappa shape index (κ1) is 17.0. The largest absolute Gasteiger partial charge is 0.494 e. The molecule has 1 fully saturated rings. The molecule has 2 aromatic rings. The fourth-order valence-corrected chi connectivity index (χ4v) is 3.32. The number of hydrogen-bond donors (Lipinski definition) is 0. The molecule has 0 bridgehead atoms. The molecule has 1 aliphatic rings. The van der Waals surface area contributed by atoms with E-state index in [4.69, 9.17) is 9.15 Å². The van der Waals surface area contributed by atoms with Gasteiger partial charge in [-0.2, -0.15) is 0 Å². The molecule has 0 atom stereocenters. The molecule has 0 N–H and O–H groups in total. The van der Waals surface area contributed by atoms with Crippen molar-refractivity contribution in [2.45, 2.75) is 46.1 Å². The highest BCUT2D eigenvalue weighted by Crippen LogP contribution is 2.24. The fourth-order valence-electron chi connectivity index (χ4n) is 3.32. The number of rotatable bonds is 7. The summed E-state index contributed by atoms with van der Waals surface area (Å²) in [6.45, 7) is 7.60. The van der Waals surface area contributed by atoms with Gasteiger partial charge in [0, 0.05) is 6.92 Å². The molecule has 2 heterocycles. The Balaban J connectivity index is 1.39. The topological polar surface area (TPSA) is 51.4 Å². The van der Waals surface area contributed by atoms with Crippen molar-refractivity contribution in [3.8, 4) is 5.75 Å². The monoisotopic (exact) mass is 329 g/mol. The van der Waals surface area contributed by atoms with Crippen LogP contribution < -0.4 is 4.74 Å². The van der Waals surface area contributed by atoms with Gasteiger partial charge in [-0.15, -0.1) is 10.2 Å². The van der Waals surface area contributed by atoms with Crippen LogP contribution in [-0.4, -0.2) is 34.8 Å². The number of likely N-dealkylation sites (tertiary alicyclic amines) is 1. The van der Waals surface area contributed by atoms with E-state index in [2.05, 4.69) is 39.4 Å². The first-order chi connectivity index (χ1) is 11.7. The second-order valence-corrected chi connectivity index (χ2v) is 6.55. The highest BCUT2D eigenvalue weighted by molar-refractivity contribution is 5.27. The van der Waals surface area contributed by atoms with Crippen LogP contribution in [0.3, 0.4) is 0 Å². The lowest BCUT2D eigenvalue weighted by Crippen LogP contribution is -2.33. The van der Waals surface area contributed by atoms with Gasteiger partial charge < -0.3 is 9.15 Å². The molecular formula is C19H27N3O2. The van der Waals surface area contributed by atoms with Crippen LogP contribution in [0.2, 0.25) is 0 Å². The Morgan fingerprint density at radius 2 is 1.92 bits per heavy atom. The van der Waals surface area contributed by atoms with E-state index >= 15 is 0 Å². The van der Waals surface area contributed by atoms with Gasteiger partial charge in [-0.1, -0.05) is 12.1 Å². The molecule has 0 saturated carbocycles. The van der Waals surface area contributed by atoms with E-state index in [1.807, 2.05) is 13.8 Å². The lowest BCUT2D eigenvalue weighted by Gasteiger charge is -2.31. The second kappa shape index (κ2) is 8.29. The zero-order valence-electron chi connectivity index (χ0n) is 14.7. The molecule has 5 nitrogen and oxygen atoms in total. The molecule has 3 rings (SSSR count). The van der Waals surface area contributed by atoms with E-state index in [9.17, 15) is 0 Å². The van der Waals surface area contributed by atoms with Crippen LogP contribution in [0.25, 0.3) is 0 Å². The number of aromatic nitrogens is 2. The SMILES string of the molecule is CCOc1ccc(CCC2CCN(Cc3nnc(C)o3)CC2)cc1. The van der Waals surface area contributed by atoms with E-state index < -0.39 is 0 Å². The summed E-state index contributed by atoms with van der Waals surface area (Å²) >= 11 is 0. The number of aryl methyl sites for hydroxylation is 2. The van der Waals surface area contributed by atoms with Crippen LogP contribution in [0.4, 0.5) is 0 Å². The third-order valence-electron chi connectivity index (χ3n) is 4.71. The molecule has 0 amide bonds. The van der Waals surface area contributed by atoms with E-state index in [1.165, 1.54) is 24.8 Å². The van der Waals surface area contributed by atoms with Gasteiger partial charge in [0.1, 0.15) is 5.75 Å². The van der Waals surface area contributed by atoms with E-state index in [0.29, 0.717) is 5.89 Å². The van der Waals surface area contributed by atoms with Crippen molar-refractivity contribution >= 4 is 0 Å². The average Bonchev–Trinajstić information content (AvgIpc) is 3.01. The van der Waals surface area contributed by atoms with Gasteiger partial charge in [-0.25, -0.2) is 0 Å². The molecule has 1 aromatic heterocycles. The predicted molar refractivity (Wildman–Crippen MR) is 93.0 cm³/mol. The van der Waals surface area contributed by atoms with Crippen molar-refractivity contribution in [2.24, 2.45) is 5.92 Å². The zero-order chi connectivity index (χ0) is 16.8. The van der Waals surface area contributed by atoms with Gasteiger partial charge in [0.15, 0.2) is 0 Å². The van der Waals surface area contributed by atoms with Gasteiger partial charge >= 0.3 is 0 Å². The maximum absolute atomic E-state index is 5.49. The summed E-state index contributed by atoms with van der Waals surface area (Å²) in [6.07, 6.45) is 4.93. The molecule has 0 radical (unpaired) electrons. The minimum Gasteiger partial charge on any atom is -0.494 e. The molecule has 1 saturated heterocycles. The first-order valence-electron chi connectivity index (χ1n) is 8.96. The average molecular weight is 329 g/mol. The van der Waals surface area contributed by atoms with Crippen molar-refractivity contribution in [1.29, 1.82) is 0 Å². The van der Waals surface area contributed by atoms with E-state index in [1.54, 1.807) is 0 Å². The van der Waals surface area contributed by atoms with Crippen molar-refractivity contribution < 1.29 is 9.15 Å². The number of piperidine rings is 1. The summed E-state index contributed by atoms with van der Waals surface area (Å²) in [5, 5.41) is 7.98. The Kier molecular flexibility index (Phi) is 5.86. The standard InChI is InChI=1S/C19H27N3O2/c1-3-23-18-8-6-16(7-9-18)4-5-17-10-12-22(13-11-17)14-19-21-20-15(2)24-19/h6-9,17H,3-5,10-14H2,1-2H3. The molecule has 24 heavy (non-hydrogen) atoms. The van der Waals surface area contributed by atoms with Crippen molar-refractivity contribution in [1.82, 2.24) is 15.1 Å². The van der Waals surface area contributed by atoms with Gasteiger partial charge in [0.05, 0.1) is 13.2 Å². The van der Waals surface area contributed by atoms with Crippen molar-refractivity contribution in [3.63, 3.8) is 0 Å². The quantitative estimate of drug-likeness (QED) is 0.776. The zero-order valence-corrected chi connectivity index (χ0v) is 14.7. The molecule has 1 aromatic carbocycles. The first-order valence-corrected chi connectivity index (χ1v) is 8.96. The van der Waals surface area contributed by atoms with Crippen LogP contribution in [-0.2, 0) is 13.0 Å². The van der Waals surface area contributed by atoms with Crippen LogP contribution in [0, 0.1) is 12.8 Å². The second-order valence-electron chi connectivity index (χ2n) is 6.55. The molecule has 0 unspecified atom stereocenters. The summed E-state index contributed by atoms with van der Waals surface area (Å²) < 4.78 is 11.0. The molecule has 1 aliphatic heterocycles. The normalized spacial score (nSPS) is 16.4. The summed E-state index contributed by atoms with van der Waals surface area (Å²) in [6, 6.07) is 8.54. The van der Waals surface area contributed by atoms with Gasteiger partial charge in [-0.05, 0) is 69.3 Å². The van der Waals surface area contributed by atoms with Crippen LogP contribution in [0.5, 0.6) is 5.75 Å². The Morgan fingerprint density at radius 3 is 2.54 bits per heavy atom. The number of benzene rings is 1. The molecule has 0 aliphatic carbocycles. The smallest absolute Gasteiger partial charge is 0.230 e. The van der Waals surface area contributed by atoms with Crippen LogP contribution in [0.1, 0.15) is 43.5 Å². The van der Waals surface area contributed by atoms with Crippen molar-refractivity contribution in [3.05, 3.63) is 41.6 Å². The number of nitrogens with zero attached hydrogens (tertiary/aromatic N) is 3. The lowest BCUT2D eigenvalue weighted by molar-refractivity contribution is 0.159. The van der Waals surface area contributed by atoms with E-state index in [0.717, 1.165) is 50.2 Å². The minimum atomic E-state index is 0.648. The summed E-state index contributed by atoms with van der Waals surface area (Å²) in [7, 11) is 0. The Morgan fingerprint density at radius 1 is 1.17 bits per heavy atom. The molecular weight excluding hydrogens is 302 g/mol. The Labute approximate surface area is 144 Å². The van der Waals surface area contributed by atoms with Gasteiger partial charge in [-0.3, -0.25) is 4.90 Å². The third-order valence-corrected chi connectivity index (χ3v) is 4.71. The third kappa shape index (κ3) is 4.81. The van der Waals surface area contributed by atoms with E-state index in [-0.39, 0.29) is 0 Å². The lowest BCUT2D eigenvalue weighted by atomic mass is 9.90. The van der Waals surface area contributed by atoms with Crippen LogP contribution in [0.15, 0.2) is 28.7 Å². The highest BCUT2D eigenvalue weighted by Gasteiger charge is 2.20. The summed E-state index contributed by atoms with van der Waals surface area (Å²) in [5.74, 6) is 3.17. The molecule has 0 spiro atoms. The van der Waals surface area contributed by atoms with Crippen molar-refractivity contribution in [2.75, 3.05) is 19.7 Å². The summed E-state index contributed by atoms with van der Waals surface area (Å²) in [4.78, 5) is 2.42. The number of hydrogen-bond acceptors (Lipinski definition) is 5. The highest BCUT2D eigenvalue weighted by atomic mass is 16.5.